The van der Waals surface area contributed by atoms with Crippen LogP contribution in [0.3, 0.4) is 0 Å². The van der Waals surface area contributed by atoms with E-state index in [-0.39, 0.29) is 0 Å². The van der Waals surface area contributed by atoms with Crippen LogP contribution in [0.4, 0.5) is 0 Å². The van der Waals surface area contributed by atoms with Crippen molar-refractivity contribution >= 4 is 46.3 Å². The smallest absolute Gasteiger partial charge is 0.347 e. The predicted octanol–water partition coefficient (Wildman–Crippen LogP) is 3.21. The lowest BCUT2D eigenvalue weighted by molar-refractivity contribution is -0.156. The molecule has 6 heteroatoms. The molecule has 2 aromatic rings. The summed E-state index contributed by atoms with van der Waals surface area (Å²) in [5, 5.41) is 3.84. The largest absolute Gasteiger partial charge is 0.463 e. The van der Waals surface area contributed by atoms with E-state index in [9.17, 15) is 9.59 Å². The lowest BCUT2D eigenvalue weighted by atomic mass is 10.2. The molecule has 0 radical (unpaired) electrons. The number of thiophene rings is 2. The molecule has 1 unspecified atom stereocenters. The second-order valence-corrected chi connectivity index (χ2v) is 6.33. The van der Waals surface area contributed by atoms with Gasteiger partial charge in [-0.2, -0.15) is 0 Å². The fraction of sp³-hybridized carbons (Fsp3) is 0.200. The van der Waals surface area contributed by atoms with Gasteiger partial charge in [-0.05, 0) is 29.0 Å². The summed E-state index contributed by atoms with van der Waals surface area (Å²) < 4.78 is 10.1. The molecule has 0 saturated carbocycles. The highest BCUT2D eigenvalue weighted by molar-refractivity contribution is 7.12. The first-order valence-corrected chi connectivity index (χ1v) is 8.16. The Hall–Kier alpha value is -1.92. The van der Waals surface area contributed by atoms with Crippen LogP contribution in [0.25, 0.3) is 11.6 Å². The molecule has 3 rings (SSSR count). The minimum Gasteiger partial charge on any atom is -0.463 e. The Bertz CT molecular complexity index is 656. The van der Waals surface area contributed by atoms with Gasteiger partial charge in [0, 0.05) is 16.2 Å². The number of carbonyl (C=O) groups is 2. The fourth-order valence-corrected chi connectivity index (χ4v) is 3.34. The quantitative estimate of drug-likeness (QED) is 0.641. The zero-order valence-corrected chi connectivity index (χ0v) is 12.6. The van der Waals surface area contributed by atoms with Gasteiger partial charge in [-0.25, -0.2) is 9.59 Å². The summed E-state index contributed by atoms with van der Waals surface area (Å²) in [5.74, 6) is -0.959. The van der Waals surface area contributed by atoms with Gasteiger partial charge < -0.3 is 9.47 Å². The van der Waals surface area contributed by atoms with E-state index < -0.39 is 18.0 Å². The molecule has 0 N–H and O–H groups in total. The van der Waals surface area contributed by atoms with Crippen molar-refractivity contribution in [2.24, 2.45) is 0 Å². The normalized spacial score (nSPS) is 18.6. The lowest BCUT2D eigenvalue weighted by Gasteiger charge is -2.10. The highest BCUT2D eigenvalue weighted by Crippen LogP contribution is 2.27. The Balaban J connectivity index is 1.85. The summed E-state index contributed by atoms with van der Waals surface area (Å²) in [7, 11) is 0. The zero-order chi connectivity index (χ0) is 14.7. The van der Waals surface area contributed by atoms with E-state index in [0.717, 1.165) is 9.75 Å². The van der Waals surface area contributed by atoms with E-state index in [1.807, 2.05) is 35.0 Å². The molecule has 2 aromatic heterocycles. The maximum Gasteiger partial charge on any atom is 0.347 e. The molecule has 1 fully saturated rings. The Morgan fingerprint density at radius 3 is 2.71 bits per heavy atom. The van der Waals surface area contributed by atoms with Crippen molar-refractivity contribution in [3.8, 4) is 0 Å². The standard InChI is InChI=1S/C15H12O4S2/c16-14(19-12-5-6-18-15(12)17)11(13-4-2-8-21-13)9-10-3-1-7-20-10/h1-4,7-9,12H,5-6H2/b11-9+. The molecule has 1 aliphatic heterocycles. The van der Waals surface area contributed by atoms with Crippen LogP contribution in [-0.4, -0.2) is 24.6 Å². The van der Waals surface area contributed by atoms with Crippen molar-refractivity contribution in [3.63, 3.8) is 0 Å². The number of rotatable bonds is 4. The molecule has 0 aromatic carbocycles. The maximum absolute atomic E-state index is 12.4. The Morgan fingerprint density at radius 1 is 1.29 bits per heavy atom. The van der Waals surface area contributed by atoms with Gasteiger partial charge in [0.15, 0.2) is 0 Å². The molecule has 108 valence electrons. The molecule has 1 aliphatic rings. The first-order chi connectivity index (χ1) is 10.2. The number of cyclic esters (lactones) is 1. The lowest BCUT2D eigenvalue weighted by Crippen LogP contribution is -2.23. The van der Waals surface area contributed by atoms with Crippen LogP contribution >= 0.6 is 22.7 Å². The monoisotopic (exact) mass is 320 g/mol. The summed E-state index contributed by atoms with van der Waals surface area (Å²) in [4.78, 5) is 25.6. The van der Waals surface area contributed by atoms with Crippen LogP contribution < -0.4 is 0 Å². The number of ether oxygens (including phenoxy) is 2. The molecule has 0 aliphatic carbocycles. The molecule has 0 bridgehead atoms. The molecule has 0 amide bonds. The van der Waals surface area contributed by atoms with Gasteiger partial charge in [0.05, 0.1) is 12.2 Å². The van der Waals surface area contributed by atoms with Gasteiger partial charge in [0.2, 0.25) is 6.10 Å². The Kier molecular flexibility index (Phi) is 4.17. The van der Waals surface area contributed by atoms with Crippen molar-refractivity contribution in [1.29, 1.82) is 0 Å². The van der Waals surface area contributed by atoms with E-state index in [1.165, 1.54) is 22.7 Å². The van der Waals surface area contributed by atoms with Crippen LogP contribution in [0.15, 0.2) is 35.0 Å². The number of carbonyl (C=O) groups excluding carboxylic acids is 2. The molecular formula is C15H12O4S2. The van der Waals surface area contributed by atoms with Gasteiger partial charge in [-0.3, -0.25) is 0 Å². The van der Waals surface area contributed by atoms with Gasteiger partial charge in [0.25, 0.3) is 0 Å². The SMILES string of the molecule is O=C(OC1CCOC1=O)/C(=C/c1cccs1)c1cccs1. The van der Waals surface area contributed by atoms with E-state index in [1.54, 1.807) is 6.08 Å². The number of hydrogen-bond donors (Lipinski definition) is 0. The average Bonchev–Trinajstić information content (AvgIpc) is 3.19. The summed E-state index contributed by atoms with van der Waals surface area (Å²) in [5.41, 5.74) is 0.465. The fourth-order valence-electron chi connectivity index (χ4n) is 1.96. The van der Waals surface area contributed by atoms with E-state index in [2.05, 4.69) is 0 Å². The van der Waals surface area contributed by atoms with Crippen molar-refractivity contribution in [2.45, 2.75) is 12.5 Å². The van der Waals surface area contributed by atoms with E-state index in [0.29, 0.717) is 18.6 Å². The molecule has 4 nitrogen and oxygen atoms in total. The van der Waals surface area contributed by atoms with Crippen molar-refractivity contribution in [3.05, 3.63) is 44.8 Å². The zero-order valence-electron chi connectivity index (χ0n) is 11.0. The first-order valence-electron chi connectivity index (χ1n) is 6.41. The van der Waals surface area contributed by atoms with Crippen molar-refractivity contribution in [1.82, 2.24) is 0 Å². The summed E-state index contributed by atoms with van der Waals surface area (Å²) in [6.07, 6.45) is 1.42. The topological polar surface area (TPSA) is 52.6 Å². The molecule has 1 atom stereocenters. The molecular weight excluding hydrogens is 308 g/mol. The number of hydrogen-bond acceptors (Lipinski definition) is 6. The molecule has 0 spiro atoms. The van der Waals surface area contributed by atoms with Crippen LogP contribution in [0.2, 0.25) is 0 Å². The Morgan fingerprint density at radius 2 is 2.10 bits per heavy atom. The van der Waals surface area contributed by atoms with Gasteiger partial charge in [0.1, 0.15) is 0 Å². The van der Waals surface area contributed by atoms with Crippen molar-refractivity contribution < 1.29 is 19.1 Å². The van der Waals surface area contributed by atoms with E-state index in [4.69, 9.17) is 9.47 Å². The van der Waals surface area contributed by atoms with Crippen LogP contribution in [0.1, 0.15) is 16.2 Å². The second kappa shape index (κ2) is 6.24. The minimum atomic E-state index is -0.788. The summed E-state index contributed by atoms with van der Waals surface area (Å²) in [6, 6.07) is 7.58. The average molecular weight is 320 g/mol. The van der Waals surface area contributed by atoms with Crippen LogP contribution in [0, 0.1) is 0 Å². The number of esters is 2. The minimum absolute atomic E-state index is 0.305. The molecule has 1 saturated heterocycles. The highest BCUT2D eigenvalue weighted by atomic mass is 32.1. The van der Waals surface area contributed by atoms with Gasteiger partial charge in [-0.1, -0.05) is 12.1 Å². The predicted molar refractivity (Wildman–Crippen MR) is 82.0 cm³/mol. The highest BCUT2D eigenvalue weighted by Gasteiger charge is 2.31. The van der Waals surface area contributed by atoms with Gasteiger partial charge >= 0.3 is 11.9 Å². The third kappa shape index (κ3) is 3.22. The second-order valence-electron chi connectivity index (χ2n) is 4.40. The van der Waals surface area contributed by atoms with Crippen LogP contribution in [-0.2, 0) is 19.1 Å². The third-order valence-corrected chi connectivity index (χ3v) is 4.70. The van der Waals surface area contributed by atoms with Gasteiger partial charge in [-0.15, -0.1) is 22.7 Å². The maximum atomic E-state index is 12.4. The first kappa shape index (κ1) is 14.0. The Labute approximate surface area is 129 Å². The molecule has 21 heavy (non-hydrogen) atoms. The van der Waals surface area contributed by atoms with E-state index >= 15 is 0 Å². The third-order valence-electron chi connectivity index (χ3n) is 2.97. The summed E-state index contributed by atoms with van der Waals surface area (Å²) in [6.45, 7) is 0.305. The summed E-state index contributed by atoms with van der Waals surface area (Å²) >= 11 is 3.00. The molecule has 3 heterocycles. The van der Waals surface area contributed by atoms with Crippen molar-refractivity contribution in [2.75, 3.05) is 6.61 Å². The van der Waals surface area contributed by atoms with Crippen LogP contribution in [0.5, 0.6) is 0 Å².